The normalized spacial score (nSPS) is 18.9. The smallest absolute Gasteiger partial charge is 0.326 e. The highest BCUT2D eigenvalue weighted by Crippen LogP contribution is 2.41. The second kappa shape index (κ2) is 6.99. The van der Waals surface area contributed by atoms with E-state index in [4.69, 9.17) is 11.6 Å². The number of hydrogen-bond acceptors (Lipinski definition) is 2. The zero-order valence-corrected chi connectivity index (χ0v) is 14.1. The molecule has 8 heteroatoms. The molecular weight excluding hydrogens is 369 g/mol. The molecule has 1 fully saturated rings. The molecule has 1 aliphatic carbocycles. The predicted molar refractivity (Wildman–Crippen MR) is 91.8 cm³/mol. The summed E-state index contributed by atoms with van der Waals surface area (Å²) in [7, 11) is 0. The van der Waals surface area contributed by atoms with Gasteiger partial charge in [-0.05, 0) is 36.8 Å². The van der Waals surface area contributed by atoms with Gasteiger partial charge in [-0.3, -0.25) is 9.59 Å². The van der Waals surface area contributed by atoms with Crippen molar-refractivity contribution in [2.24, 2.45) is 11.8 Å². The molecule has 0 heterocycles. The SMILES string of the molecule is O=C(Nc1cccc(C(F)(F)F)c1)C1CC1C(=O)Nc1ccccc1Cl. The van der Waals surface area contributed by atoms with Crippen LogP contribution >= 0.6 is 11.6 Å². The number of para-hydroxylation sites is 1. The number of hydrogen-bond donors (Lipinski definition) is 2. The number of halogens is 4. The van der Waals surface area contributed by atoms with Gasteiger partial charge in [-0.2, -0.15) is 13.2 Å². The molecule has 0 bridgehead atoms. The number of anilines is 2. The summed E-state index contributed by atoms with van der Waals surface area (Å²) >= 11 is 5.97. The zero-order chi connectivity index (χ0) is 18.9. The molecule has 0 spiro atoms. The van der Waals surface area contributed by atoms with Gasteiger partial charge < -0.3 is 10.6 Å². The van der Waals surface area contributed by atoms with E-state index in [0.29, 0.717) is 17.1 Å². The molecule has 1 aliphatic rings. The van der Waals surface area contributed by atoms with Crippen molar-refractivity contribution in [3.8, 4) is 0 Å². The van der Waals surface area contributed by atoms with Crippen molar-refractivity contribution in [3.63, 3.8) is 0 Å². The van der Waals surface area contributed by atoms with Gasteiger partial charge in [-0.25, -0.2) is 0 Å². The van der Waals surface area contributed by atoms with Crippen molar-refractivity contribution in [2.45, 2.75) is 12.6 Å². The lowest BCUT2D eigenvalue weighted by molar-refractivity contribution is -0.137. The summed E-state index contributed by atoms with van der Waals surface area (Å²) in [5.41, 5.74) is -0.357. The molecule has 2 aromatic rings. The molecule has 0 aromatic heterocycles. The van der Waals surface area contributed by atoms with Gasteiger partial charge in [0, 0.05) is 5.69 Å². The van der Waals surface area contributed by atoms with Crippen molar-refractivity contribution < 1.29 is 22.8 Å². The maximum absolute atomic E-state index is 12.7. The Balaban J connectivity index is 1.59. The Hall–Kier alpha value is -2.54. The lowest BCUT2D eigenvalue weighted by Gasteiger charge is -2.10. The van der Waals surface area contributed by atoms with E-state index in [-0.39, 0.29) is 11.6 Å². The Kier molecular flexibility index (Phi) is 4.91. The number of rotatable bonds is 4. The van der Waals surface area contributed by atoms with Crippen LogP contribution in [0, 0.1) is 11.8 Å². The van der Waals surface area contributed by atoms with Crippen LogP contribution in [0.3, 0.4) is 0 Å². The van der Waals surface area contributed by atoms with Crippen LogP contribution in [0.15, 0.2) is 48.5 Å². The Labute approximate surface area is 152 Å². The first-order chi connectivity index (χ1) is 12.3. The lowest BCUT2D eigenvalue weighted by atomic mass is 10.2. The monoisotopic (exact) mass is 382 g/mol. The zero-order valence-electron chi connectivity index (χ0n) is 13.3. The first-order valence-corrected chi connectivity index (χ1v) is 8.17. The van der Waals surface area contributed by atoms with E-state index in [1.165, 1.54) is 12.1 Å². The summed E-state index contributed by atoms with van der Waals surface area (Å²) in [5.74, 6) is -1.94. The van der Waals surface area contributed by atoms with Crippen LogP contribution in [-0.2, 0) is 15.8 Å². The van der Waals surface area contributed by atoms with Gasteiger partial charge in [-0.15, -0.1) is 0 Å². The van der Waals surface area contributed by atoms with Crippen molar-refractivity contribution >= 4 is 34.8 Å². The molecule has 3 rings (SSSR count). The minimum atomic E-state index is -4.49. The third-order valence-corrected chi connectivity index (χ3v) is 4.38. The minimum absolute atomic E-state index is 0.0435. The highest BCUT2D eigenvalue weighted by Gasteiger charge is 2.48. The molecule has 0 aliphatic heterocycles. The van der Waals surface area contributed by atoms with E-state index < -0.39 is 29.5 Å². The molecule has 2 N–H and O–H groups in total. The minimum Gasteiger partial charge on any atom is -0.326 e. The average Bonchev–Trinajstić information content (AvgIpc) is 3.37. The van der Waals surface area contributed by atoms with Crippen molar-refractivity contribution in [1.82, 2.24) is 0 Å². The molecule has 2 unspecified atom stereocenters. The number of amides is 2. The van der Waals surface area contributed by atoms with Crippen molar-refractivity contribution in [2.75, 3.05) is 10.6 Å². The number of nitrogens with one attached hydrogen (secondary N) is 2. The van der Waals surface area contributed by atoms with E-state index in [1.54, 1.807) is 24.3 Å². The highest BCUT2D eigenvalue weighted by atomic mass is 35.5. The van der Waals surface area contributed by atoms with Gasteiger partial charge in [-0.1, -0.05) is 29.8 Å². The Morgan fingerprint density at radius 2 is 1.62 bits per heavy atom. The fraction of sp³-hybridized carbons (Fsp3) is 0.222. The summed E-state index contributed by atoms with van der Waals surface area (Å²) < 4.78 is 38.1. The first-order valence-electron chi connectivity index (χ1n) is 7.79. The second-order valence-electron chi connectivity index (χ2n) is 5.99. The molecule has 2 aromatic carbocycles. The van der Waals surface area contributed by atoms with E-state index in [2.05, 4.69) is 10.6 Å². The van der Waals surface area contributed by atoms with Gasteiger partial charge in [0.25, 0.3) is 0 Å². The van der Waals surface area contributed by atoms with Crippen LogP contribution in [0.25, 0.3) is 0 Å². The summed E-state index contributed by atoms with van der Waals surface area (Å²) in [5, 5.41) is 5.46. The predicted octanol–water partition coefficient (Wildman–Crippen LogP) is 4.57. The largest absolute Gasteiger partial charge is 0.416 e. The topological polar surface area (TPSA) is 58.2 Å². The maximum Gasteiger partial charge on any atom is 0.416 e. The van der Waals surface area contributed by atoms with Crippen LogP contribution in [-0.4, -0.2) is 11.8 Å². The van der Waals surface area contributed by atoms with E-state index in [9.17, 15) is 22.8 Å². The lowest BCUT2D eigenvalue weighted by Crippen LogP contribution is -2.21. The van der Waals surface area contributed by atoms with Gasteiger partial charge in [0.2, 0.25) is 11.8 Å². The fourth-order valence-electron chi connectivity index (χ4n) is 2.57. The molecule has 0 saturated heterocycles. The van der Waals surface area contributed by atoms with E-state index >= 15 is 0 Å². The third-order valence-electron chi connectivity index (χ3n) is 4.05. The Morgan fingerprint density at radius 1 is 0.962 bits per heavy atom. The molecule has 4 nitrogen and oxygen atoms in total. The van der Waals surface area contributed by atoms with E-state index in [0.717, 1.165) is 12.1 Å². The van der Waals surface area contributed by atoms with Gasteiger partial charge in [0.15, 0.2) is 0 Å². The van der Waals surface area contributed by atoms with Crippen LogP contribution in [0.1, 0.15) is 12.0 Å². The standard InChI is InChI=1S/C18H14ClF3N2O2/c19-14-6-1-2-7-15(14)24-17(26)13-9-12(13)16(25)23-11-5-3-4-10(8-11)18(20,21)22/h1-8,12-13H,9H2,(H,23,25)(H,24,26). The van der Waals surface area contributed by atoms with Crippen molar-refractivity contribution in [1.29, 1.82) is 0 Å². The molecule has 26 heavy (non-hydrogen) atoms. The molecule has 0 radical (unpaired) electrons. The van der Waals surface area contributed by atoms with Gasteiger partial charge in [0.1, 0.15) is 0 Å². The third kappa shape index (κ3) is 4.16. The molecular formula is C18H14ClF3N2O2. The van der Waals surface area contributed by atoms with Crippen LogP contribution in [0.4, 0.5) is 24.5 Å². The summed E-state index contributed by atoms with van der Waals surface area (Å²) in [4.78, 5) is 24.4. The Morgan fingerprint density at radius 3 is 2.27 bits per heavy atom. The number of alkyl halides is 3. The quantitative estimate of drug-likeness (QED) is 0.813. The number of carbonyl (C=O) groups excluding carboxylic acids is 2. The summed E-state index contributed by atoms with van der Waals surface area (Å²) in [6.45, 7) is 0. The van der Waals surface area contributed by atoms with Crippen LogP contribution in [0.2, 0.25) is 5.02 Å². The molecule has 2 atom stereocenters. The summed E-state index contributed by atoms with van der Waals surface area (Å²) in [6, 6.07) is 11.1. The van der Waals surface area contributed by atoms with Gasteiger partial charge in [0.05, 0.1) is 28.1 Å². The van der Waals surface area contributed by atoms with Gasteiger partial charge >= 0.3 is 6.18 Å². The fourth-order valence-corrected chi connectivity index (χ4v) is 2.75. The highest BCUT2D eigenvalue weighted by molar-refractivity contribution is 6.33. The first kappa shape index (κ1) is 18.3. The maximum atomic E-state index is 12.7. The number of benzene rings is 2. The van der Waals surface area contributed by atoms with E-state index in [1.807, 2.05) is 0 Å². The Bertz CT molecular complexity index is 854. The molecule has 1 saturated carbocycles. The van der Waals surface area contributed by atoms with Crippen molar-refractivity contribution in [3.05, 3.63) is 59.1 Å². The second-order valence-corrected chi connectivity index (χ2v) is 6.39. The average molecular weight is 383 g/mol. The van der Waals surface area contributed by atoms with Crippen LogP contribution in [0.5, 0.6) is 0 Å². The number of carbonyl (C=O) groups is 2. The van der Waals surface area contributed by atoms with Crippen LogP contribution < -0.4 is 10.6 Å². The molecule has 2 amide bonds. The summed E-state index contributed by atoms with van der Waals surface area (Å²) in [6.07, 6.45) is -4.15. The molecule has 136 valence electrons.